The van der Waals surface area contributed by atoms with Crippen LogP contribution < -0.4 is 10.9 Å². The average molecular weight is 406 g/mol. The van der Waals surface area contributed by atoms with E-state index in [1.54, 1.807) is 34.3 Å². The van der Waals surface area contributed by atoms with Crippen LogP contribution in [0.5, 0.6) is 0 Å². The fourth-order valence-corrected chi connectivity index (χ4v) is 6.08. The van der Waals surface area contributed by atoms with Crippen molar-refractivity contribution in [2.45, 2.75) is 37.4 Å². The largest absolute Gasteiger partial charge is 0.348 e. The summed E-state index contributed by atoms with van der Waals surface area (Å²) in [4.78, 5) is 32.9. The summed E-state index contributed by atoms with van der Waals surface area (Å²) in [5.74, 6) is 0.186. The van der Waals surface area contributed by atoms with Gasteiger partial charge in [-0.2, -0.15) is 0 Å². The Morgan fingerprint density at radius 1 is 1.46 bits per heavy atom. The van der Waals surface area contributed by atoms with Gasteiger partial charge in [-0.1, -0.05) is 17.8 Å². The first kappa shape index (κ1) is 17.8. The van der Waals surface area contributed by atoms with E-state index in [2.05, 4.69) is 10.3 Å². The summed E-state index contributed by atoms with van der Waals surface area (Å²) in [5.41, 5.74) is 1.20. The van der Waals surface area contributed by atoms with Crippen LogP contribution in [0, 0.1) is 0 Å². The molecule has 1 atom stereocenters. The lowest BCUT2D eigenvalue weighted by Crippen LogP contribution is -2.28. The van der Waals surface area contributed by atoms with Crippen molar-refractivity contribution in [3.63, 3.8) is 0 Å². The highest BCUT2D eigenvalue weighted by molar-refractivity contribution is 7.99. The number of hydrogen-bond donors (Lipinski definition) is 1. The lowest BCUT2D eigenvalue weighted by atomic mass is 10.2. The molecular weight excluding hydrogens is 386 g/mol. The van der Waals surface area contributed by atoms with Crippen LogP contribution in [0.2, 0.25) is 0 Å². The Morgan fingerprint density at radius 3 is 3.08 bits per heavy atom. The Kier molecular flexibility index (Phi) is 4.90. The molecule has 0 radical (unpaired) electrons. The Morgan fingerprint density at radius 2 is 2.31 bits per heavy atom. The molecule has 3 heterocycles. The van der Waals surface area contributed by atoms with Crippen molar-refractivity contribution in [2.24, 2.45) is 7.05 Å². The van der Waals surface area contributed by atoms with Gasteiger partial charge in [0.1, 0.15) is 4.83 Å². The Labute approximate surface area is 163 Å². The number of carbonyl (C=O) groups excluding carboxylic acids is 1. The first-order valence-electron chi connectivity index (χ1n) is 8.51. The number of nitrogens with one attached hydrogen (secondary N) is 1. The van der Waals surface area contributed by atoms with Crippen molar-refractivity contribution in [2.75, 3.05) is 5.75 Å². The second-order valence-corrected chi connectivity index (χ2v) is 9.39. The summed E-state index contributed by atoms with van der Waals surface area (Å²) in [6.45, 7) is 1.97. The van der Waals surface area contributed by atoms with Crippen LogP contribution >= 0.6 is 34.4 Å². The number of fused-ring (bicyclic) bond motifs is 3. The predicted octanol–water partition coefficient (Wildman–Crippen LogP) is 3.51. The molecule has 1 N–H and O–H groups in total. The molecule has 26 heavy (non-hydrogen) atoms. The van der Waals surface area contributed by atoms with Crippen LogP contribution in [0.25, 0.3) is 10.2 Å². The molecule has 0 bridgehead atoms. The van der Waals surface area contributed by atoms with Crippen LogP contribution in [0.1, 0.15) is 34.7 Å². The fourth-order valence-electron chi connectivity index (χ4n) is 3.26. The third-order valence-corrected chi connectivity index (χ3v) is 7.86. The van der Waals surface area contributed by atoms with Crippen molar-refractivity contribution in [3.05, 3.63) is 43.2 Å². The maximum Gasteiger partial charge on any atom is 0.262 e. The number of carbonyl (C=O) groups is 1. The van der Waals surface area contributed by atoms with E-state index in [9.17, 15) is 9.59 Å². The minimum Gasteiger partial charge on any atom is -0.348 e. The van der Waals surface area contributed by atoms with Gasteiger partial charge in [-0.05, 0) is 43.2 Å². The average Bonchev–Trinajstić information content (AvgIpc) is 3.32. The second-order valence-electron chi connectivity index (χ2n) is 6.39. The topological polar surface area (TPSA) is 64.0 Å². The SMILES string of the molecule is CC(NC(=O)CSc1nc2sc3c(c2c(=O)n1C)CCC3)c1cccs1. The smallest absolute Gasteiger partial charge is 0.262 e. The Bertz CT molecular complexity index is 1020. The van der Waals surface area contributed by atoms with Gasteiger partial charge in [-0.25, -0.2) is 4.98 Å². The third-order valence-electron chi connectivity index (χ3n) is 4.59. The molecule has 0 saturated heterocycles. The molecule has 3 aromatic heterocycles. The van der Waals surface area contributed by atoms with E-state index in [0.29, 0.717) is 5.16 Å². The van der Waals surface area contributed by atoms with Crippen molar-refractivity contribution in [3.8, 4) is 0 Å². The van der Waals surface area contributed by atoms with Crippen LogP contribution in [0.4, 0.5) is 0 Å². The first-order valence-corrected chi connectivity index (χ1v) is 11.2. The zero-order chi connectivity index (χ0) is 18.3. The number of aryl methyl sites for hydroxylation is 2. The molecule has 0 aliphatic heterocycles. The van der Waals surface area contributed by atoms with Gasteiger partial charge in [0.25, 0.3) is 5.56 Å². The zero-order valence-corrected chi connectivity index (χ0v) is 17.0. The van der Waals surface area contributed by atoms with Crippen molar-refractivity contribution in [1.29, 1.82) is 0 Å². The zero-order valence-electron chi connectivity index (χ0n) is 14.6. The Balaban J connectivity index is 1.50. The highest BCUT2D eigenvalue weighted by atomic mass is 32.2. The maximum atomic E-state index is 12.8. The maximum absolute atomic E-state index is 12.8. The molecule has 3 aromatic rings. The van der Waals surface area contributed by atoms with Crippen LogP contribution in [-0.2, 0) is 24.7 Å². The van der Waals surface area contributed by atoms with Gasteiger partial charge in [0.2, 0.25) is 5.91 Å². The number of amides is 1. The number of nitrogens with zero attached hydrogens (tertiary/aromatic N) is 2. The molecule has 1 aliphatic rings. The van der Waals surface area contributed by atoms with Crippen LogP contribution in [0.15, 0.2) is 27.5 Å². The van der Waals surface area contributed by atoms with E-state index < -0.39 is 0 Å². The number of hydrogen-bond acceptors (Lipinski definition) is 6. The quantitative estimate of drug-likeness (QED) is 0.521. The van der Waals surface area contributed by atoms with Crippen molar-refractivity contribution < 1.29 is 4.79 Å². The molecule has 136 valence electrons. The number of thiophene rings is 2. The summed E-state index contributed by atoms with van der Waals surface area (Å²) in [5, 5.41) is 6.37. The molecule has 5 nitrogen and oxygen atoms in total. The summed E-state index contributed by atoms with van der Waals surface area (Å²) in [6, 6.07) is 3.98. The van der Waals surface area contributed by atoms with Gasteiger partial charge in [-0.3, -0.25) is 14.2 Å². The third kappa shape index (κ3) is 3.21. The number of thioether (sulfide) groups is 1. The molecular formula is C18H19N3O2S3. The lowest BCUT2D eigenvalue weighted by molar-refractivity contribution is -0.119. The van der Waals surface area contributed by atoms with Crippen molar-refractivity contribution in [1.82, 2.24) is 14.9 Å². The highest BCUT2D eigenvalue weighted by Gasteiger charge is 2.22. The summed E-state index contributed by atoms with van der Waals surface area (Å²) in [7, 11) is 1.74. The van der Waals surface area contributed by atoms with Crippen LogP contribution in [0.3, 0.4) is 0 Å². The predicted molar refractivity (Wildman–Crippen MR) is 108 cm³/mol. The summed E-state index contributed by atoms with van der Waals surface area (Å²) < 4.78 is 1.58. The lowest BCUT2D eigenvalue weighted by Gasteiger charge is -2.12. The van der Waals surface area contributed by atoms with Gasteiger partial charge < -0.3 is 5.32 Å². The standard InChI is InChI=1S/C18H19N3O2S3/c1-10(12-7-4-8-24-12)19-14(22)9-25-18-20-16-15(17(23)21(18)2)11-5-3-6-13(11)26-16/h4,7-8,10H,3,5-6,9H2,1-2H3,(H,19,22). The van der Waals surface area contributed by atoms with Crippen LogP contribution in [-0.4, -0.2) is 21.2 Å². The summed E-state index contributed by atoms with van der Waals surface area (Å²) in [6.07, 6.45) is 3.14. The minimum absolute atomic E-state index is 0.00395. The molecule has 4 rings (SSSR count). The van der Waals surface area contributed by atoms with Gasteiger partial charge in [0.05, 0.1) is 17.2 Å². The van der Waals surface area contributed by atoms with E-state index in [-0.39, 0.29) is 23.3 Å². The van der Waals surface area contributed by atoms with E-state index in [1.165, 1.54) is 22.2 Å². The second kappa shape index (κ2) is 7.17. The molecule has 1 aliphatic carbocycles. The van der Waals surface area contributed by atoms with E-state index in [1.807, 2.05) is 24.4 Å². The normalized spacial score (nSPS) is 14.5. The molecule has 0 fully saturated rings. The minimum atomic E-state index is -0.0566. The molecule has 8 heteroatoms. The van der Waals surface area contributed by atoms with E-state index in [4.69, 9.17) is 0 Å². The molecule has 1 unspecified atom stereocenters. The van der Waals surface area contributed by atoms with Gasteiger partial charge >= 0.3 is 0 Å². The van der Waals surface area contributed by atoms with Gasteiger partial charge in [0.15, 0.2) is 5.16 Å². The molecule has 0 spiro atoms. The number of rotatable bonds is 5. The molecule has 1 amide bonds. The monoisotopic (exact) mass is 405 g/mol. The molecule has 0 aromatic carbocycles. The Hall–Kier alpha value is -1.64. The highest BCUT2D eigenvalue weighted by Crippen LogP contribution is 2.35. The first-order chi connectivity index (χ1) is 12.5. The van der Waals surface area contributed by atoms with E-state index in [0.717, 1.165) is 34.4 Å². The van der Waals surface area contributed by atoms with E-state index >= 15 is 0 Å². The van der Waals surface area contributed by atoms with Gasteiger partial charge in [0, 0.05) is 16.8 Å². The fraction of sp³-hybridized carbons (Fsp3) is 0.389. The number of aromatic nitrogens is 2. The molecule has 0 saturated carbocycles. The summed E-state index contributed by atoms with van der Waals surface area (Å²) >= 11 is 4.57. The van der Waals surface area contributed by atoms with Crippen molar-refractivity contribution >= 4 is 50.6 Å². The van der Waals surface area contributed by atoms with Gasteiger partial charge in [-0.15, -0.1) is 22.7 Å².